The van der Waals surface area contributed by atoms with Crippen molar-refractivity contribution >= 4 is 18.1 Å². The minimum Gasteiger partial charge on any atom is -0.373 e. The number of aromatic nitrogens is 1. The lowest BCUT2D eigenvalue weighted by Crippen LogP contribution is -2.18. The Balaban J connectivity index is 1.91. The first-order valence-electron chi connectivity index (χ1n) is 5.10. The van der Waals surface area contributed by atoms with Gasteiger partial charge in [0.2, 0.25) is 5.91 Å². The number of amides is 1. The van der Waals surface area contributed by atoms with Crippen LogP contribution in [-0.4, -0.2) is 23.8 Å². The van der Waals surface area contributed by atoms with E-state index in [1.54, 1.807) is 6.34 Å². The van der Waals surface area contributed by atoms with Crippen LogP contribution >= 0.6 is 0 Å². The summed E-state index contributed by atoms with van der Waals surface area (Å²) in [4.78, 5) is 19.3. The van der Waals surface area contributed by atoms with Crippen molar-refractivity contribution in [3.8, 4) is 0 Å². The van der Waals surface area contributed by atoms with Crippen molar-refractivity contribution in [2.45, 2.75) is 6.42 Å². The van der Waals surface area contributed by atoms with E-state index in [0.29, 0.717) is 18.1 Å². The molecule has 0 saturated heterocycles. The number of hydrogen-bond donors (Lipinski definition) is 2. The van der Waals surface area contributed by atoms with Crippen molar-refractivity contribution in [1.29, 1.82) is 0 Å². The molecule has 0 bridgehead atoms. The lowest BCUT2D eigenvalue weighted by molar-refractivity contribution is -0.115. The Morgan fingerprint density at radius 2 is 2.41 bits per heavy atom. The second kappa shape index (κ2) is 5.20. The number of nitrogens with zero attached hydrogens (tertiary/aromatic N) is 2. The second-order valence-corrected chi connectivity index (χ2v) is 3.45. The highest BCUT2D eigenvalue weighted by Gasteiger charge is 2.07. The van der Waals surface area contributed by atoms with Gasteiger partial charge < -0.3 is 10.6 Å². The molecule has 88 valence electrons. The van der Waals surface area contributed by atoms with Crippen molar-refractivity contribution in [2.75, 3.05) is 11.9 Å². The van der Waals surface area contributed by atoms with Gasteiger partial charge in [-0.05, 0) is 18.2 Å². The van der Waals surface area contributed by atoms with Crippen LogP contribution in [0.3, 0.4) is 0 Å². The Morgan fingerprint density at radius 1 is 1.53 bits per heavy atom. The third kappa shape index (κ3) is 3.37. The standard InChI is InChI=1S/C11H11FN4O/c12-8-1-2-10(14-6-8)16-11(17)5-9-3-4-13-7-15-9/h1-3,6-7H,4-5H2,(H,13,15)(H,14,16,17). The van der Waals surface area contributed by atoms with Crippen LogP contribution in [0.5, 0.6) is 0 Å². The summed E-state index contributed by atoms with van der Waals surface area (Å²) in [5.41, 5.74) is 0.698. The highest BCUT2D eigenvalue weighted by atomic mass is 19.1. The summed E-state index contributed by atoms with van der Waals surface area (Å²) in [5.74, 6) is -0.335. The van der Waals surface area contributed by atoms with Crippen LogP contribution in [0, 0.1) is 5.82 Å². The molecule has 0 fully saturated rings. The van der Waals surface area contributed by atoms with Crippen LogP contribution in [0.1, 0.15) is 6.42 Å². The van der Waals surface area contributed by atoms with Crippen molar-refractivity contribution in [1.82, 2.24) is 10.3 Å². The molecule has 1 aromatic heterocycles. The number of nitrogens with one attached hydrogen (secondary N) is 2. The number of carbonyl (C=O) groups excluding carboxylic acids is 1. The highest BCUT2D eigenvalue weighted by molar-refractivity contribution is 5.91. The monoisotopic (exact) mass is 234 g/mol. The Morgan fingerprint density at radius 3 is 3.06 bits per heavy atom. The molecule has 0 aliphatic carbocycles. The zero-order valence-electron chi connectivity index (χ0n) is 8.98. The average Bonchev–Trinajstić information content (AvgIpc) is 2.33. The molecule has 6 heteroatoms. The van der Waals surface area contributed by atoms with Gasteiger partial charge in [-0.1, -0.05) is 0 Å². The maximum Gasteiger partial charge on any atom is 0.231 e. The number of rotatable bonds is 3. The normalized spacial score (nSPS) is 13.8. The van der Waals surface area contributed by atoms with Gasteiger partial charge in [0.15, 0.2) is 0 Å². The topological polar surface area (TPSA) is 66.4 Å². The van der Waals surface area contributed by atoms with E-state index in [2.05, 4.69) is 20.6 Å². The van der Waals surface area contributed by atoms with Crippen molar-refractivity contribution in [3.05, 3.63) is 35.9 Å². The van der Waals surface area contributed by atoms with Crippen LogP contribution in [0.15, 0.2) is 35.1 Å². The summed E-state index contributed by atoms with van der Waals surface area (Å²) in [7, 11) is 0. The van der Waals surface area contributed by atoms with Gasteiger partial charge >= 0.3 is 0 Å². The molecule has 2 rings (SSSR count). The van der Waals surface area contributed by atoms with Crippen molar-refractivity contribution in [2.24, 2.45) is 4.99 Å². The molecule has 2 heterocycles. The van der Waals surface area contributed by atoms with Crippen LogP contribution < -0.4 is 10.6 Å². The predicted molar refractivity (Wildman–Crippen MR) is 62.0 cm³/mol. The number of halogens is 1. The Bertz CT molecular complexity index is 467. The van der Waals surface area contributed by atoms with Gasteiger partial charge in [0, 0.05) is 12.2 Å². The molecular weight excluding hydrogens is 223 g/mol. The Kier molecular flexibility index (Phi) is 3.44. The van der Waals surface area contributed by atoms with Crippen LogP contribution in [0.25, 0.3) is 0 Å². The summed E-state index contributed by atoms with van der Waals surface area (Å²) >= 11 is 0. The molecule has 0 unspecified atom stereocenters. The van der Waals surface area contributed by atoms with E-state index in [1.165, 1.54) is 12.1 Å². The van der Waals surface area contributed by atoms with Crippen LogP contribution in [-0.2, 0) is 4.79 Å². The molecule has 2 N–H and O–H groups in total. The summed E-state index contributed by atoms with van der Waals surface area (Å²) in [6.45, 7) is 0.668. The van der Waals surface area contributed by atoms with E-state index in [1.807, 2.05) is 6.08 Å². The first-order chi connectivity index (χ1) is 8.24. The summed E-state index contributed by atoms with van der Waals surface area (Å²) in [6.07, 6.45) is 4.62. The first-order valence-corrected chi connectivity index (χ1v) is 5.10. The fourth-order valence-electron chi connectivity index (χ4n) is 1.33. The number of hydrogen-bond acceptors (Lipinski definition) is 4. The Hall–Kier alpha value is -2.24. The average molecular weight is 234 g/mol. The number of anilines is 1. The molecular formula is C11H11FN4O. The number of aliphatic imine (C=N–C) groups is 1. The Labute approximate surface area is 97.5 Å². The van der Waals surface area contributed by atoms with Crippen LogP contribution in [0.2, 0.25) is 0 Å². The van der Waals surface area contributed by atoms with Crippen LogP contribution in [0.4, 0.5) is 10.2 Å². The third-order valence-corrected chi connectivity index (χ3v) is 2.11. The number of carbonyl (C=O) groups is 1. The molecule has 17 heavy (non-hydrogen) atoms. The summed E-state index contributed by atoms with van der Waals surface area (Å²) < 4.78 is 12.6. The van der Waals surface area contributed by atoms with Gasteiger partial charge in [0.1, 0.15) is 11.6 Å². The molecule has 1 aliphatic rings. The smallest absolute Gasteiger partial charge is 0.231 e. The summed E-state index contributed by atoms with van der Waals surface area (Å²) in [6, 6.07) is 2.65. The molecule has 0 atom stereocenters. The molecule has 1 aromatic rings. The zero-order chi connectivity index (χ0) is 12.1. The van der Waals surface area contributed by atoms with E-state index in [4.69, 9.17) is 0 Å². The largest absolute Gasteiger partial charge is 0.373 e. The van der Waals surface area contributed by atoms with E-state index in [0.717, 1.165) is 6.20 Å². The first kappa shape index (κ1) is 11.3. The van der Waals surface area contributed by atoms with E-state index >= 15 is 0 Å². The SMILES string of the molecule is O=C(CC1=CCNC=N1)Nc1ccc(F)cn1. The molecule has 1 aliphatic heterocycles. The van der Waals surface area contributed by atoms with Gasteiger partial charge in [-0.2, -0.15) is 0 Å². The lowest BCUT2D eigenvalue weighted by Gasteiger charge is -2.07. The second-order valence-electron chi connectivity index (χ2n) is 3.45. The van der Waals surface area contributed by atoms with E-state index in [-0.39, 0.29) is 12.3 Å². The fourth-order valence-corrected chi connectivity index (χ4v) is 1.33. The maximum absolute atomic E-state index is 12.6. The summed E-state index contributed by atoms with van der Waals surface area (Å²) in [5, 5.41) is 5.45. The molecule has 1 amide bonds. The zero-order valence-corrected chi connectivity index (χ0v) is 8.98. The van der Waals surface area contributed by atoms with Gasteiger partial charge in [-0.25, -0.2) is 14.4 Å². The quantitative estimate of drug-likeness (QED) is 0.822. The molecule has 0 radical (unpaired) electrons. The van der Waals surface area contributed by atoms with Gasteiger partial charge in [-0.3, -0.25) is 4.79 Å². The third-order valence-electron chi connectivity index (χ3n) is 2.11. The van der Waals surface area contributed by atoms with Gasteiger partial charge in [-0.15, -0.1) is 0 Å². The molecule has 0 saturated carbocycles. The van der Waals surface area contributed by atoms with Crippen molar-refractivity contribution in [3.63, 3.8) is 0 Å². The van der Waals surface area contributed by atoms with Crippen molar-refractivity contribution < 1.29 is 9.18 Å². The number of pyridine rings is 1. The molecule has 5 nitrogen and oxygen atoms in total. The lowest BCUT2D eigenvalue weighted by atomic mass is 10.2. The van der Waals surface area contributed by atoms with E-state index < -0.39 is 5.82 Å². The van der Waals surface area contributed by atoms with Gasteiger partial charge in [0.05, 0.1) is 19.0 Å². The highest BCUT2D eigenvalue weighted by Crippen LogP contribution is 2.08. The van der Waals surface area contributed by atoms with E-state index in [9.17, 15) is 9.18 Å². The maximum atomic E-state index is 12.6. The molecule has 0 aromatic carbocycles. The molecule has 0 spiro atoms. The van der Waals surface area contributed by atoms with Gasteiger partial charge in [0.25, 0.3) is 0 Å². The minimum absolute atomic E-state index is 0.178. The minimum atomic E-state index is -0.436. The predicted octanol–water partition coefficient (Wildman–Crippen LogP) is 1.06. The fraction of sp³-hybridized carbons (Fsp3) is 0.182.